The summed E-state index contributed by atoms with van der Waals surface area (Å²) in [5.41, 5.74) is 0.333. The molecule has 1 aliphatic heterocycles. The quantitative estimate of drug-likeness (QED) is 0.791. The molecule has 1 amide bonds. The van der Waals surface area contributed by atoms with Gasteiger partial charge in [-0.05, 0) is 34.1 Å². The fourth-order valence-electron chi connectivity index (χ4n) is 2.91. The largest absolute Gasteiger partial charge is 0.467 e. The van der Waals surface area contributed by atoms with Crippen molar-refractivity contribution in [3.05, 3.63) is 11.8 Å². The van der Waals surface area contributed by atoms with Crippen LogP contribution in [0.4, 0.5) is 10.6 Å². The van der Waals surface area contributed by atoms with Crippen molar-refractivity contribution in [1.82, 2.24) is 14.9 Å². The molecule has 1 atom stereocenters. The molecule has 0 saturated carbocycles. The van der Waals surface area contributed by atoms with E-state index in [2.05, 4.69) is 14.9 Å². The van der Waals surface area contributed by atoms with Gasteiger partial charge in [0.2, 0.25) is 0 Å². The second kappa shape index (κ2) is 8.53. The number of hydrogen-bond donors (Lipinski definition) is 0. The van der Waals surface area contributed by atoms with Gasteiger partial charge in [-0.2, -0.15) is 4.98 Å². The summed E-state index contributed by atoms with van der Waals surface area (Å²) in [6.07, 6.45) is 0.497. The molecule has 2 rings (SSSR count). The van der Waals surface area contributed by atoms with Gasteiger partial charge in [0.1, 0.15) is 11.4 Å². The van der Waals surface area contributed by atoms with Crippen LogP contribution in [0.25, 0.3) is 0 Å². The van der Waals surface area contributed by atoms with Gasteiger partial charge in [-0.15, -0.1) is 0 Å². The third kappa shape index (κ3) is 5.45. The summed E-state index contributed by atoms with van der Waals surface area (Å²) in [6.45, 7) is 9.93. The van der Waals surface area contributed by atoms with Gasteiger partial charge in [0.25, 0.3) is 0 Å². The molecule has 0 spiro atoms. The van der Waals surface area contributed by atoms with E-state index in [-0.39, 0.29) is 12.1 Å². The Morgan fingerprint density at radius 2 is 2.00 bits per heavy atom. The molecule has 1 saturated heterocycles. The van der Waals surface area contributed by atoms with Crippen LogP contribution in [0.1, 0.15) is 32.9 Å². The van der Waals surface area contributed by atoms with Gasteiger partial charge in [0.05, 0.1) is 13.2 Å². The Kier molecular flexibility index (Phi) is 6.63. The lowest BCUT2D eigenvalue weighted by atomic mass is 10.1. The zero-order valence-electron chi connectivity index (χ0n) is 16.6. The molecule has 0 aromatic carbocycles. The number of aromatic nitrogens is 2. The van der Waals surface area contributed by atoms with Crippen molar-refractivity contribution in [2.24, 2.45) is 0 Å². The zero-order chi connectivity index (χ0) is 19.3. The predicted octanol–water partition coefficient (Wildman–Crippen LogP) is 2.26. The van der Waals surface area contributed by atoms with Crippen LogP contribution < -0.4 is 9.64 Å². The van der Waals surface area contributed by atoms with E-state index in [4.69, 9.17) is 14.2 Å². The highest BCUT2D eigenvalue weighted by atomic mass is 16.6. The standard InChI is InChI=1S/C18H30N4O4/c1-13-11-15(20-16(19-13)25-6)22-9-8-21(12-14(22)7-10-24-5)17(23)26-18(2,3)4/h11,14H,7-10,12H2,1-6H3. The maximum absolute atomic E-state index is 12.4. The minimum atomic E-state index is -0.507. The summed E-state index contributed by atoms with van der Waals surface area (Å²) < 4.78 is 16.0. The lowest BCUT2D eigenvalue weighted by molar-refractivity contribution is 0.0204. The highest BCUT2D eigenvalue weighted by Crippen LogP contribution is 2.24. The van der Waals surface area contributed by atoms with Crippen molar-refractivity contribution >= 4 is 11.9 Å². The molecule has 1 aliphatic rings. The molecule has 0 radical (unpaired) electrons. The number of ether oxygens (including phenoxy) is 3. The number of anilines is 1. The summed E-state index contributed by atoms with van der Waals surface area (Å²) in [7, 11) is 3.23. The number of methoxy groups -OCH3 is 2. The SMILES string of the molecule is COCCC1CN(C(=O)OC(C)(C)C)CCN1c1cc(C)nc(OC)n1. The van der Waals surface area contributed by atoms with E-state index in [1.165, 1.54) is 0 Å². The predicted molar refractivity (Wildman–Crippen MR) is 98.8 cm³/mol. The Morgan fingerprint density at radius 1 is 1.27 bits per heavy atom. The number of piperazine rings is 1. The van der Waals surface area contributed by atoms with Gasteiger partial charge in [-0.1, -0.05) is 0 Å². The molecule has 0 bridgehead atoms. The van der Waals surface area contributed by atoms with E-state index in [9.17, 15) is 4.79 Å². The third-order valence-electron chi connectivity index (χ3n) is 4.09. The van der Waals surface area contributed by atoms with Gasteiger partial charge in [-0.25, -0.2) is 9.78 Å². The molecule has 1 unspecified atom stereocenters. The smallest absolute Gasteiger partial charge is 0.410 e. The van der Waals surface area contributed by atoms with Crippen LogP contribution in [-0.2, 0) is 9.47 Å². The molecule has 8 heteroatoms. The Bertz CT molecular complexity index is 618. The van der Waals surface area contributed by atoms with Crippen LogP contribution in [0.15, 0.2) is 6.07 Å². The van der Waals surface area contributed by atoms with Crippen molar-refractivity contribution in [1.29, 1.82) is 0 Å². The van der Waals surface area contributed by atoms with E-state index < -0.39 is 5.60 Å². The monoisotopic (exact) mass is 366 g/mol. The first-order valence-corrected chi connectivity index (χ1v) is 8.86. The van der Waals surface area contributed by atoms with Gasteiger partial charge < -0.3 is 24.0 Å². The van der Waals surface area contributed by atoms with Crippen LogP contribution in [-0.4, -0.2) is 73.1 Å². The second-order valence-electron chi connectivity index (χ2n) is 7.41. The molecule has 1 fully saturated rings. The van der Waals surface area contributed by atoms with E-state index in [1.54, 1.807) is 19.1 Å². The van der Waals surface area contributed by atoms with Crippen LogP contribution in [0, 0.1) is 6.92 Å². The lowest BCUT2D eigenvalue weighted by Crippen LogP contribution is -2.56. The van der Waals surface area contributed by atoms with Crippen molar-refractivity contribution in [3.8, 4) is 6.01 Å². The molecule has 1 aromatic rings. The molecule has 0 N–H and O–H groups in total. The summed E-state index contributed by atoms with van der Waals surface area (Å²) in [5, 5.41) is 0. The molecule has 8 nitrogen and oxygen atoms in total. The molecule has 0 aliphatic carbocycles. The van der Waals surface area contributed by atoms with Crippen LogP contribution in [0.5, 0.6) is 6.01 Å². The van der Waals surface area contributed by atoms with Crippen LogP contribution >= 0.6 is 0 Å². The number of nitrogens with zero attached hydrogens (tertiary/aromatic N) is 4. The van der Waals surface area contributed by atoms with Crippen LogP contribution in [0.2, 0.25) is 0 Å². The number of rotatable bonds is 5. The molecule has 1 aromatic heterocycles. The summed E-state index contributed by atoms with van der Waals surface area (Å²) in [4.78, 5) is 25.1. The minimum Gasteiger partial charge on any atom is -0.467 e. The fraction of sp³-hybridized carbons (Fsp3) is 0.722. The number of carbonyl (C=O) groups is 1. The average Bonchev–Trinajstić information content (AvgIpc) is 2.57. The molecular formula is C18H30N4O4. The Morgan fingerprint density at radius 3 is 2.62 bits per heavy atom. The van der Waals surface area contributed by atoms with Crippen molar-refractivity contribution in [2.75, 3.05) is 45.4 Å². The highest BCUT2D eigenvalue weighted by Gasteiger charge is 2.32. The second-order valence-corrected chi connectivity index (χ2v) is 7.41. The highest BCUT2D eigenvalue weighted by molar-refractivity contribution is 5.68. The number of hydrogen-bond acceptors (Lipinski definition) is 7. The number of aryl methyl sites for hydroxylation is 1. The molecule has 26 heavy (non-hydrogen) atoms. The normalized spacial score (nSPS) is 18.0. The maximum Gasteiger partial charge on any atom is 0.410 e. The maximum atomic E-state index is 12.4. The van der Waals surface area contributed by atoms with Crippen molar-refractivity contribution in [3.63, 3.8) is 0 Å². The Labute approximate surface area is 155 Å². The Hall–Kier alpha value is -2.09. The first kappa shape index (κ1) is 20.2. The van der Waals surface area contributed by atoms with Gasteiger partial charge >= 0.3 is 12.1 Å². The van der Waals surface area contributed by atoms with Gasteiger partial charge in [0.15, 0.2) is 0 Å². The van der Waals surface area contributed by atoms with E-state index >= 15 is 0 Å². The third-order valence-corrected chi connectivity index (χ3v) is 4.09. The lowest BCUT2D eigenvalue weighted by Gasteiger charge is -2.42. The minimum absolute atomic E-state index is 0.0789. The molecular weight excluding hydrogens is 336 g/mol. The van der Waals surface area contributed by atoms with Gasteiger partial charge in [-0.3, -0.25) is 0 Å². The average molecular weight is 366 g/mol. The topological polar surface area (TPSA) is 77.0 Å². The van der Waals surface area contributed by atoms with E-state index in [1.807, 2.05) is 33.8 Å². The van der Waals surface area contributed by atoms with E-state index in [0.29, 0.717) is 32.3 Å². The van der Waals surface area contributed by atoms with Gasteiger partial charge in [0, 0.05) is 45.1 Å². The molecule has 146 valence electrons. The number of amides is 1. The summed E-state index contributed by atoms with van der Waals surface area (Å²) in [6, 6.07) is 2.36. The summed E-state index contributed by atoms with van der Waals surface area (Å²) >= 11 is 0. The fourth-order valence-corrected chi connectivity index (χ4v) is 2.91. The van der Waals surface area contributed by atoms with E-state index in [0.717, 1.165) is 17.9 Å². The Balaban J connectivity index is 2.18. The first-order chi connectivity index (χ1) is 12.2. The molecule has 2 heterocycles. The van der Waals surface area contributed by atoms with Crippen molar-refractivity contribution < 1.29 is 19.0 Å². The first-order valence-electron chi connectivity index (χ1n) is 8.86. The van der Waals surface area contributed by atoms with Crippen LogP contribution in [0.3, 0.4) is 0 Å². The zero-order valence-corrected chi connectivity index (χ0v) is 16.6. The summed E-state index contributed by atoms with van der Waals surface area (Å²) in [5.74, 6) is 0.805. The van der Waals surface area contributed by atoms with Crippen molar-refractivity contribution in [2.45, 2.75) is 45.8 Å². The number of carbonyl (C=O) groups excluding carboxylic acids is 1.